The summed E-state index contributed by atoms with van der Waals surface area (Å²) in [6, 6.07) is 19.1. The van der Waals surface area contributed by atoms with Crippen molar-refractivity contribution >= 4 is 21.5 Å². The molecule has 182 valence electrons. The highest BCUT2D eigenvalue weighted by molar-refractivity contribution is 6.10. The third-order valence-electron chi connectivity index (χ3n) is 6.08. The van der Waals surface area contributed by atoms with Crippen LogP contribution in [0.1, 0.15) is 11.1 Å². The fourth-order valence-electron chi connectivity index (χ4n) is 4.40. The zero-order chi connectivity index (χ0) is 25.8. The Morgan fingerprint density at radius 2 is 1.00 bits per heavy atom. The molecule has 0 spiro atoms. The molecule has 2 N–H and O–H groups in total. The summed E-state index contributed by atoms with van der Waals surface area (Å²) < 4.78 is 80.0. The maximum absolute atomic E-state index is 13.3. The van der Waals surface area contributed by atoms with E-state index in [2.05, 4.69) is 0 Å². The molecule has 5 aromatic carbocycles. The minimum atomic E-state index is -4.96. The van der Waals surface area contributed by atoms with Crippen molar-refractivity contribution in [1.29, 1.82) is 0 Å². The number of aromatic hydroxyl groups is 2. The summed E-state index contributed by atoms with van der Waals surface area (Å²) >= 11 is 0. The minimum Gasteiger partial charge on any atom is -0.507 e. The van der Waals surface area contributed by atoms with Crippen LogP contribution in [0.25, 0.3) is 43.8 Å². The van der Waals surface area contributed by atoms with Gasteiger partial charge in [-0.05, 0) is 69.1 Å². The van der Waals surface area contributed by atoms with Crippen molar-refractivity contribution in [2.24, 2.45) is 0 Å². The van der Waals surface area contributed by atoms with Crippen LogP contribution in [0.3, 0.4) is 0 Å². The summed E-state index contributed by atoms with van der Waals surface area (Å²) in [4.78, 5) is 0. The normalized spacial score (nSPS) is 12.4. The number of phenolic OH excluding ortho intramolecular Hbond substituents is 2. The fraction of sp³-hybridized carbons (Fsp3) is 0.0714. The van der Waals surface area contributed by atoms with Gasteiger partial charge in [0.15, 0.2) is 0 Å². The van der Waals surface area contributed by atoms with E-state index in [1.807, 2.05) is 12.1 Å². The second-order valence-corrected chi connectivity index (χ2v) is 8.37. The maximum Gasteiger partial charge on any atom is 0.416 e. The molecule has 0 atom stereocenters. The Kier molecular flexibility index (Phi) is 5.35. The summed E-state index contributed by atoms with van der Waals surface area (Å²) in [6.07, 6.45) is -9.92. The van der Waals surface area contributed by atoms with Crippen LogP contribution in [0.2, 0.25) is 0 Å². The maximum atomic E-state index is 13.3. The predicted octanol–water partition coefficient (Wildman–Crippen LogP) is 8.78. The van der Waals surface area contributed by atoms with E-state index in [4.69, 9.17) is 0 Å². The van der Waals surface area contributed by atoms with Crippen LogP contribution < -0.4 is 0 Å². The molecule has 0 aliphatic heterocycles. The van der Waals surface area contributed by atoms with Gasteiger partial charge < -0.3 is 10.2 Å². The van der Waals surface area contributed by atoms with E-state index < -0.39 is 23.5 Å². The molecule has 36 heavy (non-hydrogen) atoms. The summed E-state index contributed by atoms with van der Waals surface area (Å²) in [5.41, 5.74) is -2.26. The van der Waals surface area contributed by atoms with Gasteiger partial charge in [-0.15, -0.1) is 0 Å². The van der Waals surface area contributed by atoms with Gasteiger partial charge in [0.1, 0.15) is 11.5 Å². The van der Waals surface area contributed by atoms with Gasteiger partial charge in [-0.1, -0.05) is 48.5 Å². The average molecular weight is 498 g/mol. The van der Waals surface area contributed by atoms with Crippen molar-refractivity contribution in [2.45, 2.75) is 12.4 Å². The Morgan fingerprint density at radius 3 is 1.58 bits per heavy atom. The first-order valence-electron chi connectivity index (χ1n) is 10.7. The molecule has 0 aliphatic rings. The third kappa shape index (κ3) is 4.08. The first kappa shape index (κ1) is 23.5. The zero-order valence-corrected chi connectivity index (χ0v) is 18.2. The van der Waals surface area contributed by atoms with Gasteiger partial charge in [0.25, 0.3) is 0 Å². The SMILES string of the molecule is Oc1ccc2ccccc2c1-c1c(O)ccc2cc(-c3cc(C(F)(F)F)cc(C(F)(F)F)c3)ccc12. The van der Waals surface area contributed by atoms with Crippen molar-refractivity contribution in [3.05, 3.63) is 96.1 Å². The van der Waals surface area contributed by atoms with E-state index >= 15 is 0 Å². The molecule has 0 heterocycles. The topological polar surface area (TPSA) is 40.5 Å². The molecular formula is C28H16F6O2. The van der Waals surface area contributed by atoms with Crippen LogP contribution in [-0.4, -0.2) is 10.2 Å². The lowest BCUT2D eigenvalue weighted by Gasteiger charge is -2.16. The molecule has 2 nitrogen and oxygen atoms in total. The smallest absolute Gasteiger partial charge is 0.416 e. The van der Waals surface area contributed by atoms with Crippen LogP contribution in [0, 0.1) is 0 Å². The number of fused-ring (bicyclic) bond motifs is 2. The van der Waals surface area contributed by atoms with E-state index in [0.717, 1.165) is 5.39 Å². The Bertz CT molecular complexity index is 1600. The standard InChI is InChI=1S/C28H16F6O2/c29-27(30,31)19-12-18(13-20(14-19)28(32,33)34)16-5-8-22-17(11-16)7-10-24(36)26(22)25-21-4-2-1-3-15(21)6-9-23(25)35/h1-14,35-36H. The van der Waals surface area contributed by atoms with Crippen molar-refractivity contribution in [2.75, 3.05) is 0 Å². The summed E-state index contributed by atoms with van der Waals surface area (Å²) in [6.45, 7) is 0. The molecule has 0 saturated carbocycles. The Hall–Kier alpha value is -4.20. The van der Waals surface area contributed by atoms with Gasteiger partial charge in [0.05, 0.1) is 11.1 Å². The summed E-state index contributed by atoms with van der Waals surface area (Å²) in [5, 5.41) is 23.8. The predicted molar refractivity (Wildman–Crippen MR) is 126 cm³/mol. The number of halogens is 6. The van der Waals surface area contributed by atoms with Crippen LogP contribution in [0.4, 0.5) is 26.3 Å². The number of rotatable bonds is 2. The highest BCUT2D eigenvalue weighted by Crippen LogP contribution is 2.45. The Balaban J connectivity index is 1.75. The van der Waals surface area contributed by atoms with Gasteiger partial charge in [0.2, 0.25) is 0 Å². The van der Waals surface area contributed by atoms with Crippen LogP contribution >= 0.6 is 0 Å². The third-order valence-corrected chi connectivity index (χ3v) is 6.08. The largest absolute Gasteiger partial charge is 0.507 e. The molecule has 0 fully saturated rings. The highest BCUT2D eigenvalue weighted by atomic mass is 19.4. The molecule has 0 saturated heterocycles. The van der Waals surface area contributed by atoms with Gasteiger partial charge >= 0.3 is 12.4 Å². The Labute approximate surface area is 200 Å². The molecule has 5 rings (SSSR count). The van der Waals surface area contributed by atoms with E-state index in [1.165, 1.54) is 36.4 Å². The first-order valence-corrected chi connectivity index (χ1v) is 10.7. The molecule has 0 bridgehead atoms. The molecule has 0 aliphatic carbocycles. The lowest BCUT2D eigenvalue weighted by Crippen LogP contribution is -2.11. The number of hydrogen-bond acceptors (Lipinski definition) is 2. The first-order chi connectivity index (χ1) is 16.9. The van der Waals surface area contributed by atoms with E-state index in [1.54, 1.807) is 18.2 Å². The lowest BCUT2D eigenvalue weighted by molar-refractivity contribution is -0.143. The van der Waals surface area contributed by atoms with Gasteiger partial charge in [-0.2, -0.15) is 26.3 Å². The quantitative estimate of drug-likeness (QED) is 0.239. The van der Waals surface area contributed by atoms with Crippen molar-refractivity contribution in [3.8, 4) is 33.8 Å². The van der Waals surface area contributed by atoms with Crippen molar-refractivity contribution in [1.82, 2.24) is 0 Å². The van der Waals surface area contributed by atoms with Crippen LogP contribution in [0.15, 0.2) is 84.9 Å². The van der Waals surface area contributed by atoms with E-state index in [-0.39, 0.29) is 28.7 Å². The van der Waals surface area contributed by atoms with E-state index in [9.17, 15) is 36.6 Å². The Morgan fingerprint density at radius 1 is 0.472 bits per heavy atom. The van der Waals surface area contributed by atoms with Gasteiger partial charge in [-0.25, -0.2) is 0 Å². The number of benzene rings is 5. The number of alkyl halides is 6. The second-order valence-electron chi connectivity index (χ2n) is 8.37. The zero-order valence-electron chi connectivity index (χ0n) is 18.2. The molecule has 5 aromatic rings. The highest BCUT2D eigenvalue weighted by Gasteiger charge is 2.37. The van der Waals surface area contributed by atoms with Crippen molar-refractivity contribution < 1.29 is 36.6 Å². The molecule has 8 heteroatoms. The van der Waals surface area contributed by atoms with Crippen LogP contribution in [0.5, 0.6) is 11.5 Å². The minimum absolute atomic E-state index is 0.0873. The summed E-state index contributed by atoms with van der Waals surface area (Å²) in [7, 11) is 0. The lowest BCUT2D eigenvalue weighted by atomic mass is 9.90. The molecular weight excluding hydrogens is 482 g/mol. The molecule has 0 radical (unpaired) electrons. The van der Waals surface area contributed by atoms with Crippen LogP contribution in [-0.2, 0) is 12.4 Å². The van der Waals surface area contributed by atoms with Crippen molar-refractivity contribution in [3.63, 3.8) is 0 Å². The number of phenols is 2. The van der Waals surface area contributed by atoms with Gasteiger partial charge in [0, 0.05) is 11.1 Å². The second kappa shape index (κ2) is 8.19. The average Bonchev–Trinajstić information content (AvgIpc) is 2.83. The van der Waals surface area contributed by atoms with E-state index in [0.29, 0.717) is 39.4 Å². The monoisotopic (exact) mass is 498 g/mol. The molecule has 0 aromatic heterocycles. The molecule has 0 unspecified atom stereocenters. The number of hydrogen-bond donors (Lipinski definition) is 2. The fourth-order valence-corrected chi connectivity index (χ4v) is 4.40. The van der Waals surface area contributed by atoms with Gasteiger partial charge in [-0.3, -0.25) is 0 Å². The molecule has 0 amide bonds. The summed E-state index contributed by atoms with van der Waals surface area (Å²) in [5.74, 6) is -0.228.